The first kappa shape index (κ1) is 10.4. The van der Waals surface area contributed by atoms with Gasteiger partial charge in [0.2, 0.25) is 0 Å². The van der Waals surface area contributed by atoms with E-state index in [1.54, 1.807) is 0 Å². The van der Waals surface area contributed by atoms with Crippen molar-refractivity contribution in [3.63, 3.8) is 0 Å². The molecule has 0 aromatic carbocycles. The molecule has 2 aliphatic rings. The van der Waals surface area contributed by atoms with Crippen LogP contribution in [-0.2, 0) is 0 Å². The minimum absolute atomic E-state index is 0.369. The lowest BCUT2D eigenvalue weighted by Crippen LogP contribution is -2.29. The lowest BCUT2D eigenvalue weighted by Gasteiger charge is -2.21. The maximum absolute atomic E-state index is 8.98. The van der Waals surface area contributed by atoms with Gasteiger partial charge in [0.05, 0.1) is 0 Å². The zero-order valence-corrected chi connectivity index (χ0v) is 9.04. The van der Waals surface area contributed by atoms with E-state index >= 15 is 0 Å². The molecule has 2 atom stereocenters. The summed E-state index contributed by atoms with van der Waals surface area (Å²) in [4.78, 5) is 0. The Labute approximate surface area is 87.1 Å². The zero-order chi connectivity index (χ0) is 9.80. The first-order valence-electron chi connectivity index (χ1n) is 6.24. The van der Waals surface area contributed by atoms with Crippen LogP contribution in [0.3, 0.4) is 0 Å². The summed E-state index contributed by atoms with van der Waals surface area (Å²) in [5.41, 5.74) is 0. The molecule has 0 spiro atoms. The number of aliphatic hydroxyl groups is 1. The van der Waals surface area contributed by atoms with E-state index < -0.39 is 0 Å². The summed E-state index contributed by atoms with van der Waals surface area (Å²) in [6.45, 7) is 1.54. The molecule has 0 bridgehead atoms. The quantitative estimate of drug-likeness (QED) is 0.722. The fraction of sp³-hybridized carbons (Fsp3) is 1.00. The number of aliphatic hydroxyl groups excluding tert-OH is 1. The van der Waals surface area contributed by atoms with E-state index in [1.807, 2.05) is 0 Å². The van der Waals surface area contributed by atoms with Gasteiger partial charge in [-0.15, -0.1) is 0 Å². The van der Waals surface area contributed by atoms with Gasteiger partial charge in [0, 0.05) is 12.6 Å². The van der Waals surface area contributed by atoms with Crippen molar-refractivity contribution in [2.45, 2.75) is 51.0 Å². The van der Waals surface area contributed by atoms with Gasteiger partial charge in [0.25, 0.3) is 0 Å². The molecule has 1 aliphatic heterocycles. The monoisotopic (exact) mass is 197 g/mol. The van der Waals surface area contributed by atoms with Crippen LogP contribution in [0.25, 0.3) is 0 Å². The average Bonchev–Trinajstić information content (AvgIpc) is 2.80. The van der Waals surface area contributed by atoms with Crippen molar-refractivity contribution >= 4 is 0 Å². The third-order valence-corrected chi connectivity index (χ3v) is 4.05. The molecular weight excluding hydrogens is 174 g/mol. The Morgan fingerprint density at radius 3 is 2.64 bits per heavy atom. The van der Waals surface area contributed by atoms with Crippen molar-refractivity contribution in [2.24, 2.45) is 11.8 Å². The van der Waals surface area contributed by atoms with Crippen LogP contribution >= 0.6 is 0 Å². The summed E-state index contributed by atoms with van der Waals surface area (Å²) < 4.78 is 0. The number of nitrogens with one attached hydrogen (secondary N) is 1. The van der Waals surface area contributed by atoms with Gasteiger partial charge in [0.15, 0.2) is 0 Å². The molecule has 0 amide bonds. The van der Waals surface area contributed by atoms with Gasteiger partial charge in [0.1, 0.15) is 0 Å². The summed E-state index contributed by atoms with van der Waals surface area (Å²) in [5, 5.41) is 12.6. The van der Waals surface area contributed by atoms with Gasteiger partial charge in [-0.3, -0.25) is 0 Å². The lowest BCUT2D eigenvalue weighted by molar-refractivity contribution is 0.238. The molecule has 2 fully saturated rings. The van der Waals surface area contributed by atoms with Crippen molar-refractivity contribution < 1.29 is 5.11 Å². The second-order valence-corrected chi connectivity index (χ2v) is 5.01. The highest BCUT2D eigenvalue weighted by atomic mass is 16.3. The van der Waals surface area contributed by atoms with E-state index in [2.05, 4.69) is 5.32 Å². The number of hydrogen-bond donors (Lipinski definition) is 2. The zero-order valence-electron chi connectivity index (χ0n) is 9.04. The van der Waals surface area contributed by atoms with Crippen LogP contribution in [0.15, 0.2) is 0 Å². The van der Waals surface area contributed by atoms with E-state index in [4.69, 9.17) is 5.11 Å². The molecule has 1 saturated heterocycles. The SMILES string of the molecule is OCCC1CCNC1CC1CCCC1. The molecule has 2 N–H and O–H groups in total. The predicted octanol–water partition coefficient (Wildman–Crippen LogP) is 1.93. The summed E-state index contributed by atoms with van der Waals surface area (Å²) in [7, 11) is 0. The van der Waals surface area contributed by atoms with Crippen LogP contribution < -0.4 is 5.32 Å². The van der Waals surface area contributed by atoms with E-state index in [9.17, 15) is 0 Å². The highest BCUT2D eigenvalue weighted by Gasteiger charge is 2.29. The minimum atomic E-state index is 0.369. The van der Waals surface area contributed by atoms with Crippen LogP contribution in [0.4, 0.5) is 0 Å². The summed E-state index contributed by atoms with van der Waals surface area (Å²) >= 11 is 0. The largest absolute Gasteiger partial charge is 0.396 e. The second kappa shape index (κ2) is 5.13. The molecule has 2 heteroatoms. The van der Waals surface area contributed by atoms with Gasteiger partial charge in [-0.1, -0.05) is 25.7 Å². The van der Waals surface area contributed by atoms with Crippen molar-refractivity contribution in [2.75, 3.05) is 13.2 Å². The van der Waals surface area contributed by atoms with Gasteiger partial charge in [-0.2, -0.15) is 0 Å². The van der Waals surface area contributed by atoms with Crippen molar-refractivity contribution in [1.82, 2.24) is 5.32 Å². The summed E-state index contributed by atoms with van der Waals surface area (Å²) in [5.74, 6) is 1.73. The Balaban J connectivity index is 1.77. The Bertz CT molecular complexity index is 166. The van der Waals surface area contributed by atoms with Gasteiger partial charge < -0.3 is 10.4 Å². The molecule has 2 nitrogen and oxygen atoms in total. The average molecular weight is 197 g/mol. The first-order chi connectivity index (χ1) is 6.90. The summed E-state index contributed by atoms with van der Waals surface area (Å²) in [6.07, 6.45) is 9.44. The fourth-order valence-electron chi connectivity index (χ4n) is 3.21. The Hall–Kier alpha value is -0.0800. The molecule has 2 rings (SSSR count). The van der Waals surface area contributed by atoms with E-state index in [0.29, 0.717) is 12.6 Å². The van der Waals surface area contributed by atoms with Crippen molar-refractivity contribution in [1.29, 1.82) is 0 Å². The predicted molar refractivity (Wildman–Crippen MR) is 58.2 cm³/mol. The van der Waals surface area contributed by atoms with Gasteiger partial charge in [-0.25, -0.2) is 0 Å². The molecule has 0 aromatic rings. The molecule has 0 radical (unpaired) electrons. The smallest absolute Gasteiger partial charge is 0.0434 e. The van der Waals surface area contributed by atoms with E-state index in [-0.39, 0.29) is 0 Å². The summed E-state index contributed by atoms with van der Waals surface area (Å²) in [6, 6.07) is 0.713. The van der Waals surface area contributed by atoms with Crippen LogP contribution in [0.5, 0.6) is 0 Å². The maximum atomic E-state index is 8.98. The van der Waals surface area contributed by atoms with Crippen molar-refractivity contribution in [3.8, 4) is 0 Å². The standard InChI is InChI=1S/C12H23NO/c14-8-6-11-5-7-13-12(11)9-10-3-1-2-4-10/h10-14H,1-9H2. The molecule has 1 saturated carbocycles. The highest BCUT2D eigenvalue weighted by molar-refractivity contribution is 4.86. The molecular formula is C12H23NO. The molecule has 2 unspecified atom stereocenters. The highest BCUT2D eigenvalue weighted by Crippen LogP contribution is 2.32. The Morgan fingerprint density at radius 1 is 1.14 bits per heavy atom. The van der Waals surface area contributed by atoms with E-state index in [0.717, 1.165) is 18.3 Å². The number of hydrogen-bond acceptors (Lipinski definition) is 2. The van der Waals surface area contributed by atoms with E-state index in [1.165, 1.54) is 45.1 Å². The van der Waals surface area contributed by atoms with Crippen LogP contribution in [0.1, 0.15) is 44.9 Å². The molecule has 0 aromatic heterocycles. The normalized spacial score (nSPS) is 34.1. The first-order valence-corrected chi connectivity index (χ1v) is 6.24. The third kappa shape index (κ3) is 2.48. The molecule has 1 aliphatic carbocycles. The fourth-order valence-corrected chi connectivity index (χ4v) is 3.21. The topological polar surface area (TPSA) is 32.3 Å². The molecule has 14 heavy (non-hydrogen) atoms. The number of rotatable bonds is 4. The van der Waals surface area contributed by atoms with Gasteiger partial charge in [-0.05, 0) is 37.6 Å². The second-order valence-electron chi connectivity index (χ2n) is 5.01. The third-order valence-electron chi connectivity index (χ3n) is 4.05. The van der Waals surface area contributed by atoms with Crippen molar-refractivity contribution in [3.05, 3.63) is 0 Å². The van der Waals surface area contributed by atoms with Crippen LogP contribution in [0, 0.1) is 11.8 Å². The Kier molecular flexibility index (Phi) is 3.82. The molecule has 82 valence electrons. The van der Waals surface area contributed by atoms with Crippen LogP contribution in [0.2, 0.25) is 0 Å². The van der Waals surface area contributed by atoms with Gasteiger partial charge >= 0.3 is 0 Å². The Morgan fingerprint density at radius 2 is 1.93 bits per heavy atom. The molecule has 1 heterocycles. The van der Waals surface area contributed by atoms with Crippen LogP contribution in [-0.4, -0.2) is 24.3 Å². The lowest BCUT2D eigenvalue weighted by atomic mass is 9.89. The maximum Gasteiger partial charge on any atom is 0.0434 e. The minimum Gasteiger partial charge on any atom is -0.396 e.